The fraction of sp³-hybridized carbons (Fsp3) is 0.929. The molecule has 3 nitrogen and oxygen atoms in total. The quantitative estimate of drug-likeness (QED) is 0.777. The number of amides is 1. The van der Waals surface area contributed by atoms with Gasteiger partial charge in [0.05, 0.1) is 5.60 Å². The molecular weight excluding hydrogens is 214 g/mol. The molecule has 0 spiro atoms. The van der Waals surface area contributed by atoms with Gasteiger partial charge in [0, 0.05) is 12.0 Å². The molecule has 0 aromatic carbocycles. The highest BCUT2D eigenvalue weighted by atomic mass is 16.3. The molecule has 1 aliphatic rings. The Morgan fingerprint density at radius 3 is 2.47 bits per heavy atom. The third-order valence-corrected chi connectivity index (χ3v) is 3.92. The van der Waals surface area contributed by atoms with Crippen LogP contribution in [0.25, 0.3) is 0 Å². The standard InChI is InChI=1S/C14H27NO2/c1-4-8-14(3,17)11-15-12(16)13(2)9-6-5-7-10-13/h17H,4-11H2,1-3H3,(H,15,16). The monoisotopic (exact) mass is 241 g/mol. The summed E-state index contributed by atoms with van der Waals surface area (Å²) in [6.07, 6.45) is 7.16. The normalized spacial score (nSPS) is 22.8. The van der Waals surface area contributed by atoms with Crippen LogP contribution in [-0.4, -0.2) is 23.2 Å². The summed E-state index contributed by atoms with van der Waals surface area (Å²) in [5, 5.41) is 13.0. The van der Waals surface area contributed by atoms with Crippen LogP contribution in [0, 0.1) is 5.41 Å². The Morgan fingerprint density at radius 1 is 1.35 bits per heavy atom. The van der Waals surface area contributed by atoms with Crippen molar-refractivity contribution in [3.63, 3.8) is 0 Å². The largest absolute Gasteiger partial charge is 0.388 e. The predicted molar refractivity (Wildman–Crippen MR) is 69.7 cm³/mol. The molecule has 0 saturated heterocycles. The van der Waals surface area contributed by atoms with E-state index in [0.29, 0.717) is 6.54 Å². The second-order valence-corrected chi connectivity index (χ2v) is 6.05. The van der Waals surface area contributed by atoms with Crippen molar-refractivity contribution < 1.29 is 9.90 Å². The summed E-state index contributed by atoms with van der Waals surface area (Å²) in [6.45, 7) is 6.25. The zero-order valence-electron chi connectivity index (χ0n) is 11.5. The first-order chi connectivity index (χ1) is 7.90. The van der Waals surface area contributed by atoms with Gasteiger partial charge in [-0.1, -0.05) is 39.5 Å². The molecule has 2 N–H and O–H groups in total. The molecule has 1 atom stereocenters. The molecule has 1 aliphatic carbocycles. The number of carbonyl (C=O) groups excluding carboxylic acids is 1. The van der Waals surface area contributed by atoms with Crippen LogP contribution in [0.1, 0.15) is 65.7 Å². The van der Waals surface area contributed by atoms with Crippen LogP contribution >= 0.6 is 0 Å². The minimum atomic E-state index is -0.768. The molecule has 1 fully saturated rings. The highest BCUT2D eigenvalue weighted by Crippen LogP contribution is 2.35. The van der Waals surface area contributed by atoms with E-state index in [1.807, 2.05) is 6.92 Å². The summed E-state index contributed by atoms with van der Waals surface area (Å²) in [6, 6.07) is 0. The maximum Gasteiger partial charge on any atom is 0.226 e. The zero-order chi connectivity index (χ0) is 12.9. The van der Waals surface area contributed by atoms with E-state index in [9.17, 15) is 9.90 Å². The molecule has 0 radical (unpaired) electrons. The summed E-state index contributed by atoms with van der Waals surface area (Å²) in [5.41, 5.74) is -0.976. The fourth-order valence-corrected chi connectivity index (χ4v) is 2.67. The number of rotatable bonds is 5. The molecule has 100 valence electrons. The van der Waals surface area contributed by atoms with Crippen molar-refractivity contribution in [1.29, 1.82) is 0 Å². The summed E-state index contributed by atoms with van der Waals surface area (Å²) < 4.78 is 0. The van der Waals surface area contributed by atoms with E-state index in [0.717, 1.165) is 38.5 Å². The van der Waals surface area contributed by atoms with E-state index in [1.165, 1.54) is 6.42 Å². The van der Waals surface area contributed by atoms with Gasteiger partial charge in [-0.2, -0.15) is 0 Å². The molecule has 1 saturated carbocycles. The van der Waals surface area contributed by atoms with Crippen molar-refractivity contribution in [2.75, 3.05) is 6.54 Å². The average molecular weight is 241 g/mol. The highest BCUT2D eigenvalue weighted by Gasteiger charge is 2.35. The summed E-state index contributed by atoms with van der Waals surface area (Å²) >= 11 is 0. The Hall–Kier alpha value is -0.570. The van der Waals surface area contributed by atoms with E-state index >= 15 is 0 Å². The topological polar surface area (TPSA) is 49.3 Å². The summed E-state index contributed by atoms with van der Waals surface area (Å²) in [4.78, 5) is 12.1. The van der Waals surface area contributed by atoms with Gasteiger partial charge in [-0.3, -0.25) is 4.79 Å². The molecule has 0 aromatic rings. The summed E-state index contributed by atoms with van der Waals surface area (Å²) in [7, 11) is 0. The van der Waals surface area contributed by atoms with Crippen molar-refractivity contribution >= 4 is 5.91 Å². The van der Waals surface area contributed by atoms with Gasteiger partial charge in [0.2, 0.25) is 5.91 Å². The smallest absolute Gasteiger partial charge is 0.226 e. The van der Waals surface area contributed by atoms with Gasteiger partial charge >= 0.3 is 0 Å². The van der Waals surface area contributed by atoms with Crippen LogP contribution in [0.3, 0.4) is 0 Å². The Kier molecular flexibility index (Phi) is 4.99. The van der Waals surface area contributed by atoms with Crippen LogP contribution in [-0.2, 0) is 4.79 Å². The van der Waals surface area contributed by atoms with Gasteiger partial charge in [0.25, 0.3) is 0 Å². The molecule has 0 aromatic heterocycles. The predicted octanol–water partition coefficient (Wildman–Crippen LogP) is 2.62. The number of hydrogen-bond acceptors (Lipinski definition) is 2. The molecule has 0 aliphatic heterocycles. The van der Waals surface area contributed by atoms with E-state index in [4.69, 9.17) is 0 Å². The molecule has 3 heteroatoms. The van der Waals surface area contributed by atoms with Gasteiger partial charge in [0.15, 0.2) is 0 Å². The number of nitrogens with one attached hydrogen (secondary N) is 1. The van der Waals surface area contributed by atoms with Gasteiger partial charge in [-0.05, 0) is 26.2 Å². The zero-order valence-corrected chi connectivity index (χ0v) is 11.5. The Morgan fingerprint density at radius 2 is 1.94 bits per heavy atom. The van der Waals surface area contributed by atoms with Crippen molar-refractivity contribution in [1.82, 2.24) is 5.32 Å². The van der Waals surface area contributed by atoms with Gasteiger partial charge in [-0.15, -0.1) is 0 Å². The van der Waals surface area contributed by atoms with Crippen molar-refractivity contribution in [2.45, 2.75) is 71.3 Å². The number of carbonyl (C=O) groups is 1. The maximum absolute atomic E-state index is 12.1. The number of hydrogen-bond donors (Lipinski definition) is 2. The minimum absolute atomic E-state index is 0.119. The summed E-state index contributed by atoms with van der Waals surface area (Å²) in [5.74, 6) is 0.119. The Labute approximate surface area is 105 Å². The fourth-order valence-electron chi connectivity index (χ4n) is 2.67. The lowest BCUT2D eigenvalue weighted by Gasteiger charge is -2.33. The number of aliphatic hydroxyl groups is 1. The van der Waals surface area contributed by atoms with E-state index in [1.54, 1.807) is 6.92 Å². The lowest BCUT2D eigenvalue weighted by Crippen LogP contribution is -2.46. The second kappa shape index (κ2) is 5.85. The third kappa shape index (κ3) is 4.30. The molecular formula is C14H27NO2. The lowest BCUT2D eigenvalue weighted by atomic mass is 9.75. The van der Waals surface area contributed by atoms with E-state index in [-0.39, 0.29) is 11.3 Å². The first-order valence-electron chi connectivity index (χ1n) is 6.90. The van der Waals surface area contributed by atoms with Crippen molar-refractivity contribution in [3.8, 4) is 0 Å². The maximum atomic E-state index is 12.1. The van der Waals surface area contributed by atoms with Crippen LogP contribution < -0.4 is 5.32 Å². The Balaban J connectivity index is 2.43. The van der Waals surface area contributed by atoms with Crippen LogP contribution in [0.2, 0.25) is 0 Å². The molecule has 0 bridgehead atoms. The average Bonchev–Trinajstić information content (AvgIpc) is 2.27. The molecule has 0 heterocycles. The second-order valence-electron chi connectivity index (χ2n) is 6.05. The first-order valence-corrected chi connectivity index (χ1v) is 6.90. The van der Waals surface area contributed by atoms with Crippen LogP contribution in [0.5, 0.6) is 0 Å². The lowest BCUT2D eigenvalue weighted by molar-refractivity contribution is -0.133. The first kappa shape index (κ1) is 14.5. The van der Waals surface area contributed by atoms with Gasteiger partial charge in [-0.25, -0.2) is 0 Å². The Bertz CT molecular complexity index is 255. The van der Waals surface area contributed by atoms with Gasteiger partial charge < -0.3 is 10.4 Å². The molecule has 17 heavy (non-hydrogen) atoms. The van der Waals surface area contributed by atoms with Crippen molar-refractivity contribution in [3.05, 3.63) is 0 Å². The highest BCUT2D eigenvalue weighted by molar-refractivity contribution is 5.82. The molecule has 1 rings (SSSR count). The van der Waals surface area contributed by atoms with Gasteiger partial charge in [0.1, 0.15) is 0 Å². The SMILES string of the molecule is CCCC(C)(O)CNC(=O)C1(C)CCCCC1. The van der Waals surface area contributed by atoms with Crippen LogP contribution in [0.4, 0.5) is 0 Å². The van der Waals surface area contributed by atoms with Crippen molar-refractivity contribution in [2.24, 2.45) is 5.41 Å². The molecule has 1 amide bonds. The van der Waals surface area contributed by atoms with E-state index < -0.39 is 5.60 Å². The third-order valence-electron chi connectivity index (χ3n) is 3.92. The van der Waals surface area contributed by atoms with E-state index in [2.05, 4.69) is 12.2 Å². The van der Waals surface area contributed by atoms with Crippen LogP contribution in [0.15, 0.2) is 0 Å². The molecule has 1 unspecified atom stereocenters. The minimum Gasteiger partial charge on any atom is -0.388 e.